The summed E-state index contributed by atoms with van der Waals surface area (Å²) in [7, 11) is 1.90. The van der Waals surface area contributed by atoms with E-state index in [0.29, 0.717) is 0 Å². The van der Waals surface area contributed by atoms with Crippen LogP contribution < -0.4 is 0 Å². The van der Waals surface area contributed by atoms with E-state index >= 15 is 0 Å². The Bertz CT molecular complexity index is 315. The van der Waals surface area contributed by atoms with E-state index in [1.54, 1.807) is 5.47 Å². The van der Waals surface area contributed by atoms with E-state index in [0.717, 1.165) is 25.0 Å². The molecule has 2 aliphatic rings. The van der Waals surface area contributed by atoms with Crippen molar-refractivity contribution in [3.63, 3.8) is 0 Å². The van der Waals surface area contributed by atoms with Crippen LogP contribution in [-0.2, 0) is 4.74 Å². The molecule has 23 heavy (non-hydrogen) atoms. The normalized spacial score (nSPS) is 21.6. The van der Waals surface area contributed by atoms with E-state index in [1.807, 2.05) is 7.11 Å². The molecule has 2 saturated carbocycles. The third-order valence-electron chi connectivity index (χ3n) is 5.91. The Morgan fingerprint density at radius 2 is 1.57 bits per heavy atom. The van der Waals surface area contributed by atoms with Crippen molar-refractivity contribution < 1.29 is 4.74 Å². The zero-order chi connectivity index (χ0) is 16.3. The maximum atomic E-state index is 5.68. The van der Waals surface area contributed by atoms with E-state index < -0.39 is 0 Å². The minimum atomic E-state index is 0.0592. The molecule has 0 bridgehead atoms. The summed E-state index contributed by atoms with van der Waals surface area (Å²) in [5.41, 5.74) is 1.73. The van der Waals surface area contributed by atoms with Crippen molar-refractivity contribution in [1.82, 2.24) is 0 Å². The second-order valence-electron chi connectivity index (χ2n) is 7.67. The van der Waals surface area contributed by atoms with E-state index in [9.17, 15) is 0 Å². The number of hydrogen-bond acceptors (Lipinski definition) is 1. The molecule has 0 aromatic rings. The number of ether oxygens (including phenoxy) is 1. The van der Waals surface area contributed by atoms with Gasteiger partial charge in [-0.1, -0.05) is 0 Å². The van der Waals surface area contributed by atoms with Gasteiger partial charge in [0, 0.05) is 0 Å². The molecule has 0 N–H and O–H groups in total. The second-order valence-corrected chi connectivity index (χ2v) is 10.5. The van der Waals surface area contributed by atoms with Crippen LogP contribution in [0.25, 0.3) is 0 Å². The van der Waals surface area contributed by atoms with Crippen molar-refractivity contribution in [1.29, 1.82) is 0 Å². The van der Waals surface area contributed by atoms with Crippen LogP contribution in [0.5, 0.6) is 0 Å². The van der Waals surface area contributed by atoms with Gasteiger partial charge in [-0.2, -0.15) is 0 Å². The fourth-order valence-corrected chi connectivity index (χ4v) is 7.64. The van der Waals surface area contributed by atoms with Crippen molar-refractivity contribution >= 4 is 27.6 Å². The van der Waals surface area contributed by atoms with Crippen LogP contribution in [0, 0.1) is 0 Å². The third-order valence-corrected chi connectivity index (χ3v) is 8.74. The first-order valence-electron chi connectivity index (χ1n) is 10.2. The Balaban J connectivity index is 2.09. The van der Waals surface area contributed by atoms with Crippen LogP contribution in [0.15, 0.2) is 9.60 Å². The van der Waals surface area contributed by atoms with E-state index in [4.69, 9.17) is 4.74 Å². The number of methoxy groups -OCH3 is 1. The van der Waals surface area contributed by atoms with Crippen molar-refractivity contribution in [2.75, 3.05) is 13.7 Å². The minimum absolute atomic E-state index is 0.0592. The van der Waals surface area contributed by atoms with Crippen molar-refractivity contribution in [3.05, 3.63) is 9.60 Å². The van der Waals surface area contributed by atoms with Crippen molar-refractivity contribution in [2.45, 2.75) is 100 Å². The Morgan fingerprint density at radius 3 is 2.04 bits per heavy atom. The molecule has 0 aliphatic heterocycles. The van der Waals surface area contributed by atoms with Crippen LogP contribution in [0.3, 0.4) is 0 Å². The number of hydrogen-bond donors (Lipinski definition) is 0. The van der Waals surface area contributed by atoms with Gasteiger partial charge in [-0.25, -0.2) is 0 Å². The topological polar surface area (TPSA) is 9.23 Å². The monoisotopic (exact) mass is 434 g/mol. The fraction of sp³-hybridized carbons (Fsp3) is 0.900. The van der Waals surface area contributed by atoms with Gasteiger partial charge < -0.3 is 0 Å². The summed E-state index contributed by atoms with van der Waals surface area (Å²) in [6.45, 7) is 4.09. The quantitative estimate of drug-likeness (QED) is 0.314. The Hall–Kier alpha value is 0.555. The Labute approximate surface area is 155 Å². The van der Waals surface area contributed by atoms with Crippen molar-refractivity contribution in [2.24, 2.45) is 0 Å². The molecular weight excluding hydrogens is 395 g/mol. The summed E-state index contributed by atoms with van der Waals surface area (Å²) in [6, 6.07) is 0. The number of rotatable bonds is 9. The second kappa shape index (κ2) is 12.0. The standard InChI is InChI=1S/C20H37BOTe/c1-3-4-15-23-17-20(16-22-2)21(18-11-7-5-8-12-18)19-13-9-6-10-14-19/h17-19H,3-16H2,1-2H3/b20-17+. The first-order chi connectivity index (χ1) is 11.4. The SMILES string of the molecule is CCCC[Te]/C=C(\COC)B(C1CCCCC1)C1CCCCC1. The van der Waals surface area contributed by atoms with Crippen LogP contribution in [0.1, 0.15) is 84.0 Å². The van der Waals surface area contributed by atoms with Gasteiger partial charge in [-0.15, -0.1) is 0 Å². The summed E-state index contributed by atoms with van der Waals surface area (Å²) in [6.07, 6.45) is 17.6. The molecule has 0 unspecified atom stereocenters. The van der Waals surface area contributed by atoms with Gasteiger partial charge in [-0.05, 0) is 0 Å². The van der Waals surface area contributed by atoms with E-state index in [1.165, 1.54) is 81.5 Å². The first-order valence-corrected chi connectivity index (χ1v) is 13.2. The molecule has 0 heterocycles. The molecule has 2 aliphatic carbocycles. The first kappa shape index (κ1) is 19.9. The van der Waals surface area contributed by atoms with Crippen LogP contribution in [0.4, 0.5) is 0 Å². The van der Waals surface area contributed by atoms with Gasteiger partial charge in [0.2, 0.25) is 0 Å². The molecule has 0 saturated heterocycles. The molecule has 0 spiro atoms. The third kappa shape index (κ3) is 6.76. The van der Waals surface area contributed by atoms with Gasteiger partial charge in [0.05, 0.1) is 0 Å². The summed E-state index contributed by atoms with van der Waals surface area (Å²) in [4.78, 5) is 0. The summed E-state index contributed by atoms with van der Waals surface area (Å²) in [5.74, 6) is 1.93. The molecule has 2 rings (SSSR count). The maximum absolute atomic E-state index is 5.68. The average molecular weight is 432 g/mol. The van der Waals surface area contributed by atoms with Crippen LogP contribution >= 0.6 is 0 Å². The molecule has 1 nitrogen and oxygen atoms in total. The predicted molar refractivity (Wildman–Crippen MR) is 105 cm³/mol. The van der Waals surface area contributed by atoms with Crippen LogP contribution in [-0.4, -0.2) is 41.4 Å². The molecule has 0 radical (unpaired) electrons. The van der Waals surface area contributed by atoms with Gasteiger partial charge in [0.1, 0.15) is 0 Å². The summed E-state index contributed by atoms with van der Waals surface area (Å²) < 4.78 is 9.88. The average Bonchev–Trinajstić information content (AvgIpc) is 2.61. The van der Waals surface area contributed by atoms with Gasteiger partial charge in [0.15, 0.2) is 0 Å². The molecule has 0 atom stereocenters. The molecule has 0 aromatic carbocycles. The zero-order valence-electron chi connectivity index (χ0n) is 15.5. The van der Waals surface area contributed by atoms with Crippen LogP contribution in [0.2, 0.25) is 16.1 Å². The van der Waals surface area contributed by atoms with Crippen molar-refractivity contribution in [3.8, 4) is 0 Å². The predicted octanol–water partition coefficient (Wildman–Crippen LogP) is 6.14. The fourth-order valence-electron chi connectivity index (χ4n) is 4.75. The molecule has 132 valence electrons. The Morgan fingerprint density at radius 1 is 1.00 bits per heavy atom. The summed E-state index contributed by atoms with van der Waals surface area (Å²) in [5, 5.41) is 0. The van der Waals surface area contributed by atoms with Gasteiger partial charge in [-0.3, -0.25) is 0 Å². The Kier molecular flexibility index (Phi) is 10.4. The summed E-state index contributed by atoms with van der Waals surface area (Å²) >= 11 is 0.0592. The molecule has 2 fully saturated rings. The van der Waals surface area contributed by atoms with E-state index in [-0.39, 0.29) is 20.9 Å². The number of unbranched alkanes of at least 4 members (excludes halogenated alkanes) is 1. The van der Waals surface area contributed by atoms with Gasteiger partial charge in [0.25, 0.3) is 0 Å². The molecule has 3 heteroatoms. The van der Waals surface area contributed by atoms with E-state index in [2.05, 4.69) is 11.0 Å². The zero-order valence-corrected chi connectivity index (χ0v) is 17.9. The van der Waals surface area contributed by atoms with Gasteiger partial charge >= 0.3 is 156 Å². The molecule has 0 amide bonds. The molecular formula is C20H37BOTe. The molecule has 0 aromatic heterocycles.